The molecule has 0 aromatic carbocycles. The van der Waals surface area contributed by atoms with Gasteiger partial charge < -0.3 is 4.90 Å². The molecule has 1 rings (SSSR count). The summed E-state index contributed by atoms with van der Waals surface area (Å²) in [6.45, 7) is 3.29. The van der Waals surface area contributed by atoms with Crippen molar-refractivity contribution in [3.8, 4) is 6.19 Å². The summed E-state index contributed by atoms with van der Waals surface area (Å²) in [6.07, 6.45) is 2.08. The summed E-state index contributed by atoms with van der Waals surface area (Å²) in [5.74, 6) is 0. The SMILES string of the molecule is N#CN1CC[N]CC1. The van der Waals surface area contributed by atoms with Crippen molar-refractivity contribution >= 4 is 0 Å². The molecule has 0 unspecified atom stereocenters. The molecule has 1 heterocycles. The standard InChI is InChI=1S/C5H8N3/c6-5-8-3-1-7-2-4-8/h1-4H2. The zero-order valence-corrected chi connectivity index (χ0v) is 4.67. The Hall–Kier alpha value is -0.750. The van der Waals surface area contributed by atoms with Crippen molar-refractivity contribution in [2.45, 2.75) is 0 Å². The molecule has 3 heteroatoms. The number of rotatable bonds is 0. The lowest BCUT2D eigenvalue weighted by Crippen LogP contribution is -2.36. The first-order valence-corrected chi connectivity index (χ1v) is 2.71. The predicted octanol–water partition coefficient (Wildman–Crippen LogP) is -0.613. The van der Waals surface area contributed by atoms with Gasteiger partial charge in [-0.15, -0.1) is 0 Å². The Morgan fingerprint density at radius 1 is 1.38 bits per heavy atom. The molecule has 8 heavy (non-hydrogen) atoms. The van der Waals surface area contributed by atoms with Gasteiger partial charge in [0.2, 0.25) is 0 Å². The third kappa shape index (κ3) is 1.11. The number of hydrogen-bond donors (Lipinski definition) is 0. The van der Waals surface area contributed by atoms with Crippen LogP contribution >= 0.6 is 0 Å². The molecule has 0 N–H and O–H groups in total. The van der Waals surface area contributed by atoms with Gasteiger partial charge in [0, 0.05) is 26.2 Å². The van der Waals surface area contributed by atoms with E-state index in [0.29, 0.717) is 0 Å². The summed E-state index contributed by atoms with van der Waals surface area (Å²) in [5, 5.41) is 12.4. The van der Waals surface area contributed by atoms with E-state index in [9.17, 15) is 0 Å². The van der Waals surface area contributed by atoms with Crippen molar-refractivity contribution in [2.24, 2.45) is 0 Å². The molecule has 0 aromatic heterocycles. The second-order valence-corrected chi connectivity index (χ2v) is 1.76. The Kier molecular flexibility index (Phi) is 1.70. The van der Waals surface area contributed by atoms with E-state index in [1.54, 1.807) is 4.90 Å². The van der Waals surface area contributed by atoms with Crippen LogP contribution in [0.15, 0.2) is 0 Å². The van der Waals surface area contributed by atoms with E-state index < -0.39 is 0 Å². The van der Waals surface area contributed by atoms with Crippen molar-refractivity contribution < 1.29 is 0 Å². The molecule has 0 spiro atoms. The molecule has 0 aromatic rings. The minimum Gasteiger partial charge on any atom is -0.308 e. The highest BCUT2D eigenvalue weighted by Crippen LogP contribution is 1.87. The molecule has 1 aliphatic rings. The Morgan fingerprint density at radius 3 is 2.38 bits per heavy atom. The summed E-state index contributed by atoms with van der Waals surface area (Å²) in [4.78, 5) is 1.73. The molecule has 1 saturated heterocycles. The highest BCUT2D eigenvalue weighted by Gasteiger charge is 2.05. The molecular weight excluding hydrogens is 102 g/mol. The summed E-state index contributed by atoms with van der Waals surface area (Å²) in [7, 11) is 0. The second-order valence-electron chi connectivity index (χ2n) is 1.76. The van der Waals surface area contributed by atoms with Crippen LogP contribution in [0.1, 0.15) is 0 Å². The van der Waals surface area contributed by atoms with Crippen LogP contribution in [0.25, 0.3) is 0 Å². The topological polar surface area (TPSA) is 41.1 Å². The van der Waals surface area contributed by atoms with Gasteiger partial charge in [0.05, 0.1) is 0 Å². The quantitative estimate of drug-likeness (QED) is 0.390. The molecule has 0 bridgehead atoms. The van der Waals surface area contributed by atoms with Crippen LogP contribution in [0.5, 0.6) is 0 Å². The highest BCUT2D eigenvalue weighted by atomic mass is 15.2. The molecule has 1 fully saturated rings. The van der Waals surface area contributed by atoms with Crippen LogP contribution in [0.2, 0.25) is 0 Å². The van der Waals surface area contributed by atoms with E-state index in [2.05, 4.69) is 11.5 Å². The van der Waals surface area contributed by atoms with Crippen molar-refractivity contribution in [2.75, 3.05) is 26.2 Å². The van der Waals surface area contributed by atoms with Gasteiger partial charge in [0.1, 0.15) is 0 Å². The maximum Gasteiger partial charge on any atom is 0.179 e. The molecule has 43 valence electrons. The summed E-state index contributed by atoms with van der Waals surface area (Å²) in [5.41, 5.74) is 0. The summed E-state index contributed by atoms with van der Waals surface area (Å²) in [6, 6.07) is 0. The van der Waals surface area contributed by atoms with Crippen molar-refractivity contribution in [1.82, 2.24) is 10.2 Å². The van der Waals surface area contributed by atoms with Gasteiger partial charge >= 0.3 is 0 Å². The van der Waals surface area contributed by atoms with Crippen LogP contribution in [0.3, 0.4) is 0 Å². The molecule has 0 saturated carbocycles. The van der Waals surface area contributed by atoms with E-state index in [4.69, 9.17) is 5.26 Å². The van der Waals surface area contributed by atoms with Gasteiger partial charge in [-0.05, 0) is 0 Å². The second kappa shape index (κ2) is 2.53. The van der Waals surface area contributed by atoms with Crippen LogP contribution in [-0.4, -0.2) is 31.1 Å². The minimum atomic E-state index is 0.816. The van der Waals surface area contributed by atoms with Crippen molar-refractivity contribution in [1.29, 1.82) is 5.26 Å². The fraction of sp³-hybridized carbons (Fsp3) is 0.800. The third-order valence-electron chi connectivity index (χ3n) is 1.20. The molecule has 0 amide bonds. The average molecular weight is 110 g/mol. The molecular formula is C5H8N3. The maximum atomic E-state index is 8.33. The zero-order chi connectivity index (χ0) is 5.82. The Balaban J connectivity index is 2.25. The van der Waals surface area contributed by atoms with Crippen LogP contribution in [0.4, 0.5) is 0 Å². The fourth-order valence-corrected chi connectivity index (χ4v) is 0.706. The third-order valence-corrected chi connectivity index (χ3v) is 1.20. The number of hydrogen-bond acceptors (Lipinski definition) is 2. The Morgan fingerprint density at radius 2 is 2.00 bits per heavy atom. The van der Waals surface area contributed by atoms with Gasteiger partial charge in [-0.1, -0.05) is 0 Å². The van der Waals surface area contributed by atoms with E-state index in [1.165, 1.54) is 0 Å². The van der Waals surface area contributed by atoms with Crippen LogP contribution in [-0.2, 0) is 0 Å². The van der Waals surface area contributed by atoms with Gasteiger partial charge in [-0.2, -0.15) is 5.26 Å². The monoisotopic (exact) mass is 110 g/mol. The molecule has 1 aliphatic heterocycles. The van der Waals surface area contributed by atoms with E-state index in [1.807, 2.05) is 0 Å². The summed E-state index contributed by atoms with van der Waals surface area (Å²) >= 11 is 0. The van der Waals surface area contributed by atoms with Crippen LogP contribution in [0, 0.1) is 11.5 Å². The van der Waals surface area contributed by atoms with Gasteiger partial charge in [-0.25, -0.2) is 5.32 Å². The Bertz CT molecular complexity index is 98.7. The fourth-order valence-electron chi connectivity index (χ4n) is 0.706. The molecule has 3 nitrogen and oxygen atoms in total. The number of nitrogens with zero attached hydrogens (tertiary/aromatic N) is 3. The van der Waals surface area contributed by atoms with E-state index in [-0.39, 0.29) is 0 Å². The highest BCUT2D eigenvalue weighted by molar-refractivity contribution is 4.77. The zero-order valence-electron chi connectivity index (χ0n) is 4.67. The van der Waals surface area contributed by atoms with E-state index >= 15 is 0 Å². The molecule has 0 atom stereocenters. The van der Waals surface area contributed by atoms with Gasteiger partial charge in [0.25, 0.3) is 0 Å². The lowest BCUT2D eigenvalue weighted by molar-refractivity contribution is 0.333. The largest absolute Gasteiger partial charge is 0.308 e. The van der Waals surface area contributed by atoms with Gasteiger partial charge in [0.15, 0.2) is 6.19 Å². The average Bonchev–Trinajstić information content (AvgIpc) is 1.90. The maximum absolute atomic E-state index is 8.33. The lowest BCUT2D eigenvalue weighted by atomic mass is 10.4. The predicted molar refractivity (Wildman–Crippen MR) is 29.1 cm³/mol. The molecule has 1 radical (unpaired) electrons. The first-order chi connectivity index (χ1) is 3.93. The Labute approximate surface area is 48.9 Å². The first kappa shape index (κ1) is 5.39. The first-order valence-electron chi connectivity index (χ1n) is 2.71. The number of piperazine rings is 1. The molecule has 0 aliphatic carbocycles. The smallest absolute Gasteiger partial charge is 0.179 e. The van der Waals surface area contributed by atoms with Crippen molar-refractivity contribution in [3.63, 3.8) is 0 Å². The minimum absolute atomic E-state index is 0.816. The lowest BCUT2D eigenvalue weighted by Gasteiger charge is -2.19. The van der Waals surface area contributed by atoms with Crippen LogP contribution < -0.4 is 5.32 Å². The summed E-state index contributed by atoms with van der Waals surface area (Å²) < 4.78 is 0. The van der Waals surface area contributed by atoms with Gasteiger partial charge in [-0.3, -0.25) is 0 Å². The normalized spacial score (nSPS) is 20.1. The number of nitriles is 1. The van der Waals surface area contributed by atoms with Crippen molar-refractivity contribution in [3.05, 3.63) is 0 Å². The van der Waals surface area contributed by atoms with E-state index in [0.717, 1.165) is 26.2 Å².